The van der Waals surface area contributed by atoms with E-state index in [0.717, 1.165) is 42.4 Å². The van der Waals surface area contributed by atoms with Crippen molar-refractivity contribution in [1.82, 2.24) is 9.97 Å². The number of sulfonamides is 1. The summed E-state index contributed by atoms with van der Waals surface area (Å²) >= 11 is 0. The zero-order chi connectivity index (χ0) is 36.8. The van der Waals surface area contributed by atoms with Gasteiger partial charge in [0.15, 0.2) is 0 Å². The molecule has 266 valence electrons. The highest BCUT2D eigenvalue weighted by molar-refractivity contribution is 8.03. The fourth-order valence-electron chi connectivity index (χ4n) is 3.15. The lowest BCUT2D eigenvalue weighted by molar-refractivity contribution is -0.142. The largest absolute Gasteiger partial charge is 0.433 e. The molecule has 12 nitrogen and oxygen atoms in total. The molecule has 4 atom stereocenters. The molecule has 0 spiro atoms. The van der Waals surface area contributed by atoms with Crippen molar-refractivity contribution >= 4 is 39.9 Å². The number of pyridine rings is 2. The number of alkyl halides is 6. The second-order valence-corrected chi connectivity index (χ2v) is 17.7. The maximum absolute atomic E-state index is 12.8. The maximum Gasteiger partial charge on any atom is 0.433 e. The van der Waals surface area contributed by atoms with Crippen molar-refractivity contribution in [3.8, 4) is 0 Å². The van der Waals surface area contributed by atoms with Gasteiger partial charge in [0.1, 0.15) is 11.4 Å². The Hall–Kier alpha value is -3.18. The van der Waals surface area contributed by atoms with E-state index in [4.69, 9.17) is 22.3 Å². The molecule has 3 rings (SSSR count). The highest BCUT2D eigenvalue weighted by Crippen LogP contribution is 2.31. The first kappa shape index (κ1) is 41.8. The molecular formula is C25H32F6N4O8S4. The summed E-state index contributed by atoms with van der Waals surface area (Å²) in [5.41, 5.74) is -0.648. The Morgan fingerprint density at radius 2 is 1.09 bits per heavy atom. The number of nitrogens with zero attached hydrogens (tertiary/aromatic N) is 3. The van der Waals surface area contributed by atoms with Gasteiger partial charge >= 0.3 is 22.8 Å². The highest BCUT2D eigenvalue weighted by atomic mass is 32.3. The molecule has 3 N–H and O–H groups in total. The molecule has 0 bridgehead atoms. The van der Waals surface area contributed by atoms with Crippen LogP contribution >= 0.6 is 0 Å². The van der Waals surface area contributed by atoms with Gasteiger partial charge in [0.2, 0.25) is 0 Å². The average Bonchev–Trinajstić information content (AvgIpc) is 2.90. The summed E-state index contributed by atoms with van der Waals surface area (Å²) < 4.78 is 166. The summed E-state index contributed by atoms with van der Waals surface area (Å²) in [6.07, 6.45) is -4.71. The van der Waals surface area contributed by atoms with Crippen LogP contribution in [0.2, 0.25) is 0 Å². The van der Waals surface area contributed by atoms with E-state index in [9.17, 15) is 43.2 Å². The molecule has 0 saturated carbocycles. The lowest BCUT2D eigenvalue weighted by atomic mass is 10.2. The minimum atomic E-state index is -4.67. The van der Waals surface area contributed by atoms with Crippen LogP contribution in [-0.2, 0) is 52.2 Å². The SMILES string of the molecule is CC(c1ccc(C(F)(F)F)nc1)S(C)(=N)=O.Cc1ccc(S(=O)(=O)N=S(C)(=O)C(C)c2ccc(C(F)(F)F)nc2)cc1.O=S(=O)(O)O.[2HH]. The lowest BCUT2D eigenvalue weighted by Crippen LogP contribution is -2.13. The average molecular weight is 760 g/mol. The van der Waals surface area contributed by atoms with Gasteiger partial charge in [-0.15, -0.1) is 3.77 Å². The van der Waals surface area contributed by atoms with E-state index in [1.54, 1.807) is 19.1 Å². The molecule has 0 fully saturated rings. The van der Waals surface area contributed by atoms with Gasteiger partial charge in [-0.3, -0.25) is 23.9 Å². The fourth-order valence-corrected chi connectivity index (χ4v) is 7.35. The maximum atomic E-state index is 12.8. The van der Waals surface area contributed by atoms with Crippen molar-refractivity contribution in [2.45, 2.75) is 48.5 Å². The van der Waals surface area contributed by atoms with Crippen LogP contribution in [0.25, 0.3) is 0 Å². The van der Waals surface area contributed by atoms with E-state index < -0.39 is 74.1 Å². The molecule has 2 aromatic heterocycles. The minimum absolute atomic E-state index is 0. The van der Waals surface area contributed by atoms with Gasteiger partial charge in [-0.25, -0.2) is 8.42 Å². The molecule has 0 amide bonds. The summed E-state index contributed by atoms with van der Waals surface area (Å²) in [5, 5.41) is -1.57. The van der Waals surface area contributed by atoms with E-state index in [2.05, 4.69) is 13.7 Å². The monoisotopic (exact) mass is 759 g/mol. The summed E-state index contributed by atoms with van der Waals surface area (Å²) in [4.78, 5) is 6.46. The third kappa shape index (κ3) is 14.2. The van der Waals surface area contributed by atoms with Crippen LogP contribution in [-0.4, -0.2) is 56.8 Å². The van der Waals surface area contributed by atoms with Crippen LogP contribution in [0.5, 0.6) is 0 Å². The van der Waals surface area contributed by atoms with Crippen molar-refractivity contribution in [3.63, 3.8) is 0 Å². The number of hydrogen-bond donors (Lipinski definition) is 3. The Morgan fingerprint density at radius 1 is 0.723 bits per heavy atom. The lowest BCUT2D eigenvalue weighted by Gasteiger charge is -2.15. The second kappa shape index (κ2) is 15.4. The van der Waals surface area contributed by atoms with Crippen molar-refractivity contribution in [2.24, 2.45) is 3.77 Å². The van der Waals surface area contributed by atoms with Crippen LogP contribution < -0.4 is 0 Å². The van der Waals surface area contributed by atoms with Crippen LogP contribution in [0.15, 0.2) is 69.6 Å². The van der Waals surface area contributed by atoms with Gasteiger partial charge in [-0.05, 0) is 56.2 Å². The first-order valence-electron chi connectivity index (χ1n) is 12.5. The topological polar surface area (TPSA) is 205 Å². The molecule has 0 radical (unpaired) electrons. The first-order valence-corrected chi connectivity index (χ1v) is 19.3. The predicted molar refractivity (Wildman–Crippen MR) is 163 cm³/mol. The number of aromatic nitrogens is 2. The summed E-state index contributed by atoms with van der Waals surface area (Å²) in [6.45, 7) is 4.75. The quantitative estimate of drug-likeness (QED) is 0.187. The fraction of sp³-hybridized carbons (Fsp3) is 0.360. The van der Waals surface area contributed by atoms with Crippen LogP contribution in [0, 0.1) is 11.7 Å². The van der Waals surface area contributed by atoms with Crippen LogP contribution in [0.3, 0.4) is 0 Å². The van der Waals surface area contributed by atoms with Crippen LogP contribution in [0.1, 0.15) is 53.9 Å². The van der Waals surface area contributed by atoms with Crippen molar-refractivity contribution in [2.75, 3.05) is 12.5 Å². The molecule has 4 unspecified atom stereocenters. The van der Waals surface area contributed by atoms with E-state index in [-0.39, 0.29) is 11.9 Å². The van der Waals surface area contributed by atoms with Crippen LogP contribution in [0.4, 0.5) is 26.3 Å². The van der Waals surface area contributed by atoms with Gasteiger partial charge in [0.25, 0.3) is 10.0 Å². The number of benzene rings is 1. The van der Waals surface area contributed by atoms with E-state index in [1.165, 1.54) is 38.3 Å². The second-order valence-electron chi connectivity index (χ2n) is 9.81. The highest BCUT2D eigenvalue weighted by Gasteiger charge is 2.33. The molecule has 2 heterocycles. The van der Waals surface area contributed by atoms with Crippen molar-refractivity contribution in [3.05, 3.63) is 89.0 Å². The third-order valence-electron chi connectivity index (χ3n) is 5.99. The number of halogens is 6. The van der Waals surface area contributed by atoms with E-state index >= 15 is 0 Å². The Kier molecular flexibility index (Phi) is 13.7. The minimum Gasteiger partial charge on any atom is -0.264 e. The third-order valence-corrected chi connectivity index (χ3v) is 12.0. The normalized spacial score (nSPS) is 16.1. The van der Waals surface area contributed by atoms with Crippen molar-refractivity contribution < 1.29 is 62.1 Å². The molecule has 0 aliphatic rings. The van der Waals surface area contributed by atoms with E-state index in [0.29, 0.717) is 5.56 Å². The Balaban J connectivity index is 0.000000856. The van der Waals surface area contributed by atoms with Gasteiger partial charge in [0, 0.05) is 36.1 Å². The van der Waals surface area contributed by atoms with Gasteiger partial charge in [-0.1, -0.05) is 29.8 Å². The molecular weight excluding hydrogens is 727 g/mol. The van der Waals surface area contributed by atoms with Gasteiger partial charge in [-0.2, -0.15) is 43.2 Å². The zero-order valence-corrected chi connectivity index (χ0v) is 28.3. The zero-order valence-electron chi connectivity index (χ0n) is 25.0. The molecule has 22 heteroatoms. The number of nitrogens with one attached hydrogen (secondary N) is 1. The standard InChI is InChI=1S/C16H17F3N2O3S2.C9H11F3N2OS.H2O4S.H2/c1-11-4-7-14(8-5-11)26(23,24)21-25(3,22)12(2)13-6-9-15(20-10-13)16(17,18)19;1-6(16(2,13)15)7-3-4-8(14-5-7)9(10,11)12;1-5(2,3)4;/h4-10,12H,1-3H3;3-6,13H,1-2H3;(H2,1,2,3,4);1H/i;;;1+1. The molecule has 0 saturated heterocycles. The molecule has 0 aliphatic carbocycles. The van der Waals surface area contributed by atoms with Gasteiger partial charge < -0.3 is 0 Å². The molecule has 47 heavy (non-hydrogen) atoms. The van der Waals surface area contributed by atoms with E-state index in [1.807, 2.05) is 0 Å². The number of rotatable bonds is 6. The smallest absolute Gasteiger partial charge is 0.264 e. The Labute approximate surface area is 269 Å². The molecule has 3 aromatic rings. The Morgan fingerprint density at radius 3 is 1.38 bits per heavy atom. The summed E-state index contributed by atoms with van der Waals surface area (Å²) in [5.74, 6) is 0. The predicted octanol–water partition coefficient (Wildman–Crippen LogP) is 6.39. The van der Waals surface area contributed by atoms with Gasteiger partial charge in [0.05, 0.1) is 25.1 Å². The number of hydrogen-bond acceptors (Lipinski definition) is 9. The molecule has 1 aromatic carbocycles. The molecule has 0 aliphatic heterocycles. The summed E-state index contributed by atoms with van der Waals surface area (Å²) in [6, 6.07) is 9.80. The number of aryl methyl sites for hydroxylation is 1. The Bertz CT molecular complexity index is 1960. The summed E-state index contributed by atoms with van der Waals surface area (Å²) in [7, 11) is -15.0. The first-order chi connectivity index (χ1) is 20.9. The van der Waals surface area contributed by atoms with Crippen molar-refractivity contribution in [1.29, 1.82) is 4.78 Å².